The van der Waals surface area contributed by atoms with E-state index in [2.05, 4.69) is 20.6 Å². The normalized spacial score (nSPS) is 13.1. The van der Waals surface area contributed by atoms with Gasteiger partial charge in [-0.1, -0.05) is 0 Å². The minimum atomic E-state index is -0.489. The fourth-order valence-electron chi connectivity index (χ4n) is 3.27. The number of nitro benzene ring substituents is 1. The van der Waals surface area contributed by atoms with Gasteiger partial charge in [0.2, 0.25) is 5.78 Å². The molecule has 3 aromatic rings. The van der Waals surface area contributed by atoms with Gasteiger partial charge in [0, 0.05) is 23.4 Å². The third kappa shape index (κ3) is 3.13. The molecular weight excluding hydrogens is 366 g/mol. The molecule has 1 aromatic carbocycles. The molecule has 142 valence electrons. The monoisotopic (exact) mass is 381 g/mol. The average molecular weight is 381 g/mol. The molecule has 11 nitrogen and oxygen atoms in total. The molecule has 4 rings (SSSR count). The Hall–Kier alpha value is -3.89. The minimum absolute atomic E-state index is 0.0226. The summed E-state index contributed by atoms with van der Waals surface area (Å²) in [6.07, 6.45) is 4.88. The van der Waals surface area contributed by atoms with Crippen LogP contribution in [0.2, 0.25) is 0 Å². The Balaban J connectivity index is 1.50. The number of aromatic nitrogens is 4. The van der Waals surface area contributed by atoms with Gasteiger partial charge in [-0.2, -0.15) is 19.7 Å². The highest BCUT2D eigenvalue weighted by Gasteiger charge is 2.23. The topological polar surface area (TPSA) is 137 Å². The Morgan fingerprint density at radius 3 is 2.86 bits per heavy atom. The molecule has 2 heterocycles. The van der Waals surface area contributed by atoms with Crippen LogP contribution in [0.15, 0.2) is 40.5 Å². The molecule has 0 unspecified atom stereocenters. The molecule has 2 aromatic heterocycles. The summed E-state index contributed by atoms with van der Waals surface area (Å²) in [5, 5.41) is 18.5. The number of non-ortho nitro benzene ring substituents is 1. The van der Waals surface area contributed by atoms with Crippen LogP contribution in [0.1, 0.15) is 23.2 Å². The van der Waals surface area contributed by atoms with Crippen molar-refractivity contribution in [2.45, 2.75) is 25.8 Å². The molecule has 28 heavy (non-hydrogen) atoms. The largest absolute Gasteiger partial charge is 0.304 e. The SMILES string of the molecule is O=C(Cn1c2c(c(=O)n3ncnc13)CCC2)NN=Cc1ccc([N+](=O)[O-])cc1. The van der Waals surface area contributed by atoms with Gasteiger partial charge in [-0.25, -0.2) is 5.43 Å². The van der Waals surface area contributed by atoms with Gasteiger partial charge in [0.05, 0.1) is 11.1 Å². The zero-order valence-electron chi connectivity index (χ0n) is 14.6. The minimum Gasteiger partial charge on any atom is -0.304 e. The van der Waals surface area contributed by atoms with Crippen LogP contribution >= 0.6 is 0 Å². The second-order valence-corrected chi connectivity index (χ2v) is 6.28. The van der Waals surface area contributed by atoms with Gasteiger partial charge in [0.25, 0.3) is 17.2 Å². The van der Waals surface area contributed by atoms with E-state index in [9.17, 15) is 19.7 Å². The molecule has 0 aliphatic heterocycles. The highest BCUT2D eigenvalue weighted by Crippen LogP contribution is 2.20. The van der Waals surface area contributed by atoms with Crippen LogP contribution in [0, 0.1) is 10.1 Å². The third-order valence-electron chi connectivity index (χ3n) is 4.54. The average Bonchev–Trinajstić information content (AvgIpc) is 3.35. The number of hydrazone groups is 1. The van der Waals surface area contributed by atoms with Crippen LogP contribution in [-0.4, -0.2) is 36.2 Å². The number of nitrogens with zero attached hydrogens (tertiary/aromatic N) is 6. The molecule has 0 fully saturated rings. The number of fused-ring (bicyclic) bond motifs is 2. The summed E-state index contributed by atoms with van der Waals surface area (Å²) >= 11 is 0. The molecule has 0 saturated carbocycles. The summed E-state index contributed by atoms with van der Waals surface area (Å²) in [6, 6.07) is 5.77. The summed E-state index contributed by atoms with van der Waals surface area (Å²) < 4.78 is 2.89. The number of carbonyl (C=O) groups excluding carboxylic acids is 1. The van der Waals surface area contributed by atoms with E-state index in [1.54, 1.807) is 4.57 Å². The first-order chi connectivity index (χ1) is 13.5. The van der Waals surface area contributed by atoms with Gasteiger partial charge in [0.15, 0.2) is 0 Å². The molecule has 0 atom stereocenters. The van der Waals surface area contributed by atoms with Crippen LogP contribution in [-0.2, 0) is 24.2 Å². The lowest BCUT2D eigenvalue weighted by Gasteiger charge is -2.12. The number of carbonyl (C=O) groups is 1. The Morgan fingerprint density at radius 2 is 2.11 bits per heavy atom. The van der Waals surface area contributed by atoms with Crippen LogP contribution in [0.5, 0.6) is 0 Å². The lowest BCUT2D eigenvalue weighted by Crippen LogP contribution is -2.30. The van der Waals surface area contributed by atoms with E-state index in [4.69, 9.17) is 0 Å². The summed E-state index contributed by atoms with van der Waals surface area (Å²) in [6.45, 7) is -0.0532. The zero-order valence-corrected chi connectivity index (χ0v) is 14.6. The molecule has 0 radical (unpaired) electrons. The predicted octanol–water partition coefficient (Wildman–Crippen LogP) is 0.438. The third-order valence-corrected chi connectivity index (χ3v) is 4.54. The number of amides is 1. The first kappa shape index (κ1) is 17.5. The van der Waals surface area contributed by atoms with E-state index in [1.807, 2.05) is 0 Å². The molecular formula is C17H15N7O4. The van der Waals surface area contributed by atoms with Crippen LogP contribution in [0.4, 0.5) is 5.69 Å². The van der Waals surface area contributed by atoms with Gasteiger partial charge in [-0.05, 0) is 37.0 Å². The zero-order chi connectivity index (χ0) is 19.7. The van der Waals surface area contributed by atoms with E-state index < -0.39 is 4.92 Å². The molecule has 0 spiro atoms. The summed E-state index contributed by atoms with van der Waals surface area (Å²) in [5.41, 5.74) is 4.29. The van der Waals surface area contributed by atoms with E-state index in [-0.39, 0.29) is 23.7 Å². The summed E-state index contributed by atoms with van der Waals surface area (Å²) in [4.78, 5) is 39.0. The van der Waals surface area contributed by atoms with Gasteiger partial charge in [-0.15, -0.1) is 0 Å². The van der Waals surface area contributed by atoms with Crippen LogP contribution in [0.3, 0.4) is 0 Å². The smallest absolute Gasteiger partial charge is 0.279 e. The highest BCUT2D eigenvalue weighted by molar-refractivity contribution is 5.82. The number of nitro groups is 1. The van der Waals surface area contributed by atoms with Gasteiger partial charge in [-0.3, -0.25) is 19.7 Å². The maximum atomic E-state index is 12.4. The number of nitrogens with one attached hydrogen (secondary N) is 1. The maximum absolute atomic E-state index is 12.4. The van der Waals surface area contributed by atoms with Crippen molar-refractivity contribution >= 4 is 23.6 Å². The first-order valence-corrected chi connectivity index (χ1v) is 8.55. The molecule has 1 amide bonds. The second kappa shape index (κ2) is 7.02. The van der Waals surface area contributed by atoms with Crippen molar-refractivity contribution in [3.63, 3.8) is 0 Å². The van der Waals surface area contributed by atoms with Gasteiger partial charge < -0.3 is 4.57 Å². The molecule has 0 bridgehead atoms. The Morgan fingerprint density at radius 1 is 1.32 bits per heavy atom. The molecule has 1 N–H and O–H groups in total. The van der Waals surface area contributed by atoms with Crippen molar-refractivity contribution in [3.05, 3.63) is 67.9 Å². The van der Waals surface area contributed by atoms with Crippen molar-refractivity contribution in [1.29, 1.82) is 0 Å². The quantitative estimate of drug-likeness (QED) is 0.387. The van der Waals surface area contributed by atoms with E-state index in [0.717, 1.165) is 12.1 Å². The standard InChI is InChI=1S/C17H15N7O4/c25-15(21-19-8-11-4-6-12(7-5-11)24(27)28)9-22-14-3-1-2-13(14)16(26)23-17(22)18-10-20-23/h4-8,10H,1-3,9H2,(H,21,25). The fourth-order valence-corrected chi connectivity index (χ4v) is 3.27. The number of hydrogen-bond donors (Lipinski definition) is 1. The fraction of sp³-hybridized carbons (Fsp3) is 0.235. The molecule has 0 saturated heterocycles. The van der Waals surface area contributed by atoms with Gasteiger partial charge in [0.1, 0.15) is 12.9 Å². The number of rotatable bonds is 5. The summed E-state index contributed by atoms with van der Waals surface area (Å²) in [5.74, 6) is -0.0686. The van der Waals surface area contributed by atoms with Crippen molar-refractivity contribution in [2.24, 2.45) is 5.10 Å². The summed E-state index contributed by atoms with van der Waals surface area (Å²) in [7, 11) is 0. The van der Waals surface area contributed by atoms with Crippen molar-refractivity contribution < 1.29 is 9.72 Å². The van der Waals surface area contributed by atoms with Crippen LogP contribution < -0.4 is 11.0 Å². The van der Waals surface area contributed by atoms with Crippen molar-refractivity contribution in [2.75, 3.05) is 0 Å². The van der Waals surface area contributed by atoms with E-state index in [1.165, 1.54) is 41.3 Å². The lowest BCUT2D eigenvalue weighted by atomic mass is 10.2. The first-order valence-electron chi connectivity index (χ1n) is 8.55. The molecule has 11 heteroatoms. The predicted molar refractivity (Wildman–Crippen MR) is 98.1 cm³/mol. The van der Waals surface area contributed by atoms with E-state index >= 15 is 0 Å². The van der Waals surface area contributed by atoms with Crippen LogP contribution in [0.25, 0.3) is 5.78 Å². The lowest BCUT2D eigenvalue weighted by molar-refractivity contribution is -0.384. The molecule has 1 aliphatic rings. The molecule has 1 aliphatic carbocycles. The Kier molecular flexibility index (Phi) is 4.39. The number of hydrogen-bond acceptors (Lipinski definition) is 7. The van der Waals surface area contributed by atoms with Crippen molar-refractivity contribution in [1.82, 2.24) is 24.6 Å². The Bertz CT molecular complexity index is 1160. The number of benzene rings is 1. The second-order valence-electron chi connectivity index (χ2n) is 6.28. The maximum Gasteiger partial charge on any atom is 0.279 e. The highest BCUT2D eigenvalue weighted by atomic mass is 16.6. The van der Waals surface area contributed by atoms with Crippen molar-refractivity contribution in [3.8, 4) is 0 Å². The van der Waals surface area contributed by atoms with E-state index in [0.29, 0.717) is 29.7 Å². The Labute approximate surface area is 157 Å². The van der Waals surface area contributed by atoms with Gasteiger partial charge >= 0.3 is 0 Å².